The van der Waals surface area contributed by atoms with E-state index in [1.165, 1.54) is 0 Å². The second-order valence-corrected chi connectivity index (χ2v) is 5.25. The number of allylic oxidation sites excluding steroid dienone is 1. The Morgan fingerprint density at radius 3 is 1.74 bits per heavy atom. The highest BCUT2D eigenvalue weighted by atomic mass is 35.5. The van der Waals surface area contributed by atoms with Gasteiger partial charge in [0.15, 0.2) is 0 Å². The molecule has 0 heterocycles. The van der Waals surface area contributed by atoms with Crippen molar-refractivity contribution in [1.29, 1.82) is 0 Å². The van der Waals surface area contributed by atoms with Crippen LogP contribution in [-0.2, 0) is 0 Å². The van der Waals surface area contributed by atoms with Crippen molar-refractivity contribution < 1.29 is 0 Å². The average molecular weight is 312 g/mol. The molecule has 0 spiro atoms. The molecule has 2 aromatic carbocycles. The standard InChI is InChI=1S/C16H13Cl3/c17-11-5-8-12(13-6-1-3-9-15(13)18)14-7-2-4-10-16(14)19/h1-4,6-10H,5,11H2. The molecule has 0 N–H and O–H groups in total. The lowest BCUT2D eigenvalue weighted by Gasteiger charge is -2.12. The minimum Gasteiger partial charge on any atom is -0.126 e. The van der Waals surface area contributed by atoms with E-state index in [0.717, 1.165) is 23.1 Å². The predicted octanol–water partition coefficient (Wildman–Crippen LogP) is 6.05. The molecule has 98 valence electrons. The monoisotopic (exact) mass is 310 g/mol. The number of hydrogen-bond acceptors (Lipinski definition) is 0. The first-order valence-electron chi connectivity index (χ1n) is 6.00. The van der Waals surface area contributed by atoms with Crippen LogP contribution in [0.15, 0.2) is 54.6 Å². The van der Waals surface area contributed by atoms with Crippen molar-refractivity contribution in [3.63, 3.8) is 0 Å². The van der Waals surface area contributed by atoms with Gasteiger partial charge in [0.25, 0.3) is 0 Å². The largest absolute Gasteiger partial charge is 0.126 e. The third-order valence-corrected chi connectivity index (χ3v) is 3.66. The zero-order valence-electron chi connectivity index (χ0n) is 10.2. The summed E-state index contributed by atoms with van der Waals surface area (Å²) in [7, 11) is 0. The summed E-state index contributed by atoms with van der Waals surface area (Å²) in [5.74, 6) is 0.568. The molecule has 0 bridgehead atoms. The summed E-state index contributed by atoms with van der Waals surface area (Å²) in [4.78, 5) is 0. The molecule has 0 unspecified atom stereocenters. The summed E-state index contributed by atoms with van der Waals surface area (Å²) < 4.78 is 0. The van der Waals surface area contributed by atoms with Gasteiger partial charge < -0.3 is 0 Å². The van der Waals surface area contributed by atoms with Crippen LogP contribution in [0.4, 0.5) is 0 Å². The van der Waals surface area contributed by atoms with Crippen molar-refractivity contribution in [2.45, 2.75) is 6.42 Å². The van der Waals surface area contributed by atoms with Crippen molar-refractivity contribution in [3.05, 3.63) is 75.8 Å². The molecule has 0 amide bonds. The van der Waals surface area contributed by atoms with E-state index in [1.54, 1.807) is 0 Å². The maximum absolute atomic E-state index is 6.28. The van der Waals surface area contributed by atoms with E-state index in [-0.39, 0.29) is 0 Å². The lowest BCUT2D eigenvalue weighted by atomic mass is 9.97. The summed E-state index contributed by atoms with van der Waals surface area (Å²) >= 11 is 18.4. The number of hydrogen-bond donors (Lipinski definition) is 0. The number of alkyl halides is 1. The Morgan fingerprint density at radius 2 is 1.32 bits per heavy atom. The zero-order valence-corrected chi connectivity index (χ0v) is 12.5. The molecule has 0 aliphatic carbocycles. The van der Waals surface area contributed by atoms with Gasteiger partial charge in [0.05, 0.1) is 0 Å². The highest BCUT2D eigenvalue weighted by molar-refractivity contribution is 6.34. The summed E-state index contributed by atoms with van der Waals surface area (Å²) in [6.07, 6.45) is 2.85. The van der Waals surface area contributed by atoms with E-state index in [0.29, 0.717) is 15.9 Å². The Labute approximate surface area is 128 Å². The smallest absolute Gasteiger partial charge is 0.0484 e. The Morgan fingerprint density at radius 1 is 0.842 bits per heavy atom. The fourth-order valence-corrected chi connectivity index (χ4v) is 2.51. The SMILES string of the molecule is ClCCC=C(c1ccccc1Cl)c1ccccc1Cl. The van der Waals surface area contributed by atoms with Crippen LogP contribution < -0.4 is 0 Å². The summed E-state index contributed by atoms with van der Waals surface area (Å²) in [5, 5.41) is 1.42. The molecule has 2 aromatic rings. The molecular formula is C16H13Cl3. The van der Waals surface area contributed by atoms with Gasteiger partial charge in [-0.1, -0.05) is 65.7 Å². The first kappa shape index (κ1) is 14.5. The van der Waals surface area contributed by atoms with Gasteiger partial charge in [-0.25, -0.2) is 0 Å². The van der Waals surface area contributed by atoms with Gasteiger partial charge >= 0.3 is 0 Å². The Hall–Kier alpha value is -0.950. The second kappa shape index (κ2) is 7.00. The van der Waals surface area contributed by atoms with Crippen LogP contribution >= 0.6 is 34.8 Å². The van der Waals surface area contributed by atoms with Crippen LogP contribution in [-0.4, -0.2) is 5.88 Å². The third kappa shape index (κ3) is 3.54. The molecule has 0 saturated carbocycles. The molecule has 2 rings (SSSR count). The highest BCUT2D eigenvalue weighted by Crippen LogP contribution is 2.33. The van der Waals surface area contributed by atoms with Crippen molar-refractivity contribution >= 4 is 40.4 Å². The molecule has 3 heteroatoms. The second-order valence-electron chi connectivity index (χ2n) is 4.06. The van der Waals surface area contributed by atoms with Crippen LogP contribution in [0.3, 0.4) is 0 Å². The third-order valence-electron chi connectivity index (χ3n) is 2.79. The topological polar surface area (TPSA) is 0 Å². The Kier molecular flexibility index (Phi) is 5.33. The molecule has 0 aromatic heterocycles. The van der Waals surface area contributed by atoms with E-state index < -0.39 is 0 Å². The van der Waals surface area contributed by atoms with Crippen molar-refractivity contribution in [3.8, 4) is 0 Å². The van der Waals surface area contributed by atoms with Gasteiger partial charge in [-0.05, 0) is 24.1 Å². The lowest BCUT2D eigenvalue weighted by Crippen LogP contribution is -1.91. The van der Waals surface area contributed by atoms with Crippen LogP contribution in [0.25, 0.3) is 5.57 Å². The molecular weight excluding hydrogens is 299 g/mol. The molecule has 0 saturated heterocycles. The number of benzene rings is 2. The van der Waals surface area contributed by atoms with E-state index in [1.807, 2.05) is 48.5 Å². The maximum atomic E-state index is 6.28. The van der Waals surface area contributed by atoms with Crippen LogP contribution in [0.2, 0.25) is 10.0 Å². The average Bonchev–Trinajstić information content (AvgIpc) is 2.42. The molecule has 0 nitrogen and oxygen atoms in total. The van der Waals surface area contributed by atoms with E-state index in [2.05, 4.69) is 6.08 Å². The fraction of sp³-hybridized carbons (Fsp3) is 0.125. The lowest BCUT2D eigenvalue weighted by molar-refractivity contribution is 1.23. The van der Waals surface area contributed by atoms with Crippen LogP contribution in [0.5, 0.6) is 0 Å². The molecule has 0 aliphatic heterocycles. The fourth-order valence-electron chi connectivity index (χ4n) is 1.92. The van der Waals surface area contributed by atoms with Gasteiger partial charge in [0.1, 0.15) is 0 Å². The molecule has 0 atom stereocenters. The minimum absolute atomic E-state index is 0.568. The zero-order chi connectivity index (χ0) is 13.7. The van der Waals surface area contributed by atoms with Crippen molar-refractivity contribution in [2.24, 2.45) is 0 Å². The van der Waals surface area contributed by atoms with E-state index in [9.17, 15) is 0 Å². The molecule has 19 heavy (non-hydrogen) atoms. The van der Waals surface area contributed by atoms with Crippen LogP contribution in [0, 0.1) is 0 Å². The highest BCUT2D eigenvalue weighted by Gasteiger charge is 2.11. The first-order valence-corrected chi connectivity index (χ1v) is 7.29. The van der Waals surface area contributed by atoms with Gasteiger partial charge in [-0.2, -0.15) is 0 Å². The van der Waals surface area contributed by atoms with Crippen LogP contribution in [0.1, 0.15) is 17.5 Å². The first-order chi connectivity index (χ1) is 9.24. The van der Waals surface area contributed by atoms with Crippen molar-refractivity contribution in [1.82, 2.24) is 0 Å². The maximum Gasteiger partial charge on any atom is 0.0484 e. The number of halogens is 3. The Bertz CT molecular complexity index is 541. The van der Waals surface area contributed by atoms with Crippen molar-refractivity contribution in [2.75, 3.05) is 5.88 Å². The van der Waals surface area contributed by atoms with Gasteiger partial charge in [0, 0.05) is 27.1 Å². The summed E-state index contributed by atoms with van der Waals surface area (Å²) in [5.41, 5.74) is 2.97. The van der Waals surface area contributed by atoms with Gasteiger partial charge in [-0.3, -0.25) is 0 Å². The molecule has 0 aliphatic rings. The number of rotatable bonds is 4. The van der Waals surface area contributed by atoms with Gasteiger partial charge in [-0.15, -0.1) is 11.6 Å². The normalized spacial score (nSPS) is 10.3. The quantitative estimate of drug-likeness (QED) is 0.603. The predicted molar refractivity (Wildman–Crippen MR) is 85.3 cm³/mol. The van der Waals surface area contributed by atoms with E-state index in [4.69, 9.17) is 34.8 Å². The summed E-state index contributed by atoms with van der Waals surface area (Å²) in [6.45, 7) is 0. The molecule has 0 fully saturated rings. The van der Waals surface area contributed by atoms with E-state index >= 15 is 0 Å². The van der Waals surface area contributed by atoms with Gasteiger partial charge in [0.2, 0.25) is 0 Å². The Balaban J connectivity index is 2.55. The minimum atomic E-state index is 0.568. The molecule has 0 radical (unpaired) electrons. The summed E-state index contributed by atoms with van der Waals surface area (Å²) in [6, 6.07) is 15.5.